The topological polar surface area (TPSA) is 78.9 Å². The Kier molecular flexibility index (Phi) is 3.69. The van der Waals surface area contributed by atoms with Crippen molar-refractivity contribution in [3.05, 3.63) is 58.6 Å². The number of carbonyl (C=O) groups excluding carboxylic acids is 1. The SMILES string of the molecule is N#Cc1ccc(NC(=O)c2cccc(N)c2Cl)cc1. The van der Waals surface area contributed by atoms with Crippen LogP contribution in [0.2, 0.25) is 5.02 Å². The number of hydrogen-bond donors (Lipinski definition) is 2. The largest absolute Gasteiger partial charge is 0.398 e. The van der Waals surface area contributed by atoms with Crippen molar-refractivity contribution in [2.75, 3.05) is 11.1 Å². The maximum atomic E-state index is 12.0. The standard InChI is InChI=1S/C14H10ClN3O/c15-13-11(2-1-3-12(13)17)14(19)18-10-6-4-9(8-16)5-7-10/h1-7H,17H2,(H,18,19). The molecule has 0 aliphatic heterocycles. The van der Waals surface area contributed by atoms with Gasteiger partial charge in [-0.15, -0.1) is 0 Å². The van der Waals surface area contributed by atoms with Crippen molar-refractivity contribution in [2.45, 2.75) is 0 Å². The number of anilines is 2. The van der Waals surface area contributed by atoms with E-state index in [2.05, 4.69) is 5.32 Å². The number of halogens is 1. The Labute approximate surface area is 115 Å². The average molecular weight is 272 g/mol. The van der Waals surface area contributed by atoms with Crippen molar-refractivity contribution in [3.8, 4) is 6.07 Å². The number of nitrogen functional groups attached to an aromatic ring is 1. The molecule has 19 heavy (non-hydrogen) atoms. The van der Waals surface area contributed by atoms with Crippen LogP contribution >= 0.6 is 11.6 Å². The van der Waals surface area contributed by atoms with E-state index in [1.165, 1.54) is 0 Å². The Balaban J connectivity index is 2.21. The Morgan fingerprint density at radius 3 is 2.53 bits per heavy atom. The molecule has 0 bridgehead atoms. The number of rotatable bonds is 2. The fraction of sp³-hybridized carbons (Fsp3) is 0. The summed E-state index contributed by atoms with van der Waals surface area (Å²) >= 11 is 5.97. The lowest BCUT2D eigenvalue weighted by Gasteiger charge is -2.08. The van der Waals surface area contributed by atoms with Crippen molar-refractivity contribution >= 4 is 28.9 Å². The van der Waals surface area contributed by atoms with Gasteiger partial charge in [0.2, 0.25) is 0 Å². The number of amides is 1. The van der Waals surface area contributed by atoms with Gasteiger partial charge < -0.3 is 11.1 Å². The van der Waals surface area contributed by atoms with Crippen LogP contribution in [0.15, 0.2) is 42.5 Å². The fourth-order valence-electron chi connectivity index (χ4n) is 1.55. The van der Waals surface area contributed by atoms with Crippen molar-refractivity contribution in [1.82, 2.24) is 0 Å². The second kappa shape index (κ2) is 5.42. The number of nitrogens with two attached hydrogens (primary N) is 1. The maximum Gasteiger partial charge on any atom is 0.257 e. The van der Waals surface area contributed by atoms with Crippen molar-refractivity contribution < 1.29 is 4.79 Å². The summed E-state index contributed by atoms with van der Waals surface area (Å²) in [5.41, 5.74) is 7.42. The molecule has 0 heterocycles. The van der Waals surface area contributed by atoms with Crippen molar-refractivity contribution in [2.24, 2.45) is 0 Å². The molecule has 0 atom stereocenters. The van der Waals surface area contributed by atoms with Crippen LogP contribution < -0.4 is 11.1 Å². The molecule has 4 nitrogen and oxygen atoms in total. The lowest BCUT2D eigenvalue weighted by Crippen LogP contribution is -2.13. The van der Waals surface area contributed by atoms with Gasteiger partial charge in [-0.25, -0.2) is 0 Å². The van der Waals surface area contributed by atoms with E-state index in [0.29, 0.717) is 22.5 Å². The molecule has 2 rings (SSSR count). The zero-order valence-electron chi connectivity index (χ0n) is 9.85. The van der Waals surface area contributed by atoms with Crippen LogP contribution in [0.1, 0.15) is 15.9 Å². The van der Waals surface area contributed by atoms with Crippen LogP contribution in [0.4, 0.5) is 11.4 Å². The molecular weight excluding hydrogens is 262 g/mol. The molecule has 94 valence electrons. The van der Waals surface area contributed by atoms with Gasteiger partial charge in [-0.05, 0) is 36.4 Å². The van der Waals surface area contributed by atoms with E-state index in [4.69, 9.17) is 22.6 Å². The van der Waals surface area contributed by atoms with Crippen LogP contribution in [0, 0.1) is 11.3 Å². The molecule has 0 spiro atoms. The minimum atomic E-state index is -0.345. The average Bonchev–Trinajstić information content (AvgIpc) is 2.42. The first-order valence-electron chi connectivity index (χ1n) is 5.47. The summed E-state index contributed by atoms with van der Waals surface area (Å²) in [4.78, 5) is 12.0. The van der Waals surface area contributed by atoms with E-state index < -0.39 is 0 Å². The van der Waals surface area contributed by atoms with Gasteiger partial charge in [-0.3, -0.25) is 4.79 Å². The molecule has 0 fully saturated rings. The highest BCUT2D eigenvalue weighted by Gasteiger charge is 2.12. The van der Waals surface area contributed by atoms with Crippen molar-refractivity contribution in [1.29, 1.82) is 5.26 Å². The molecule has 1 amide bonds. The Bertz CT molecular complexity index is 659. The fourth-order valence-corrected chi connectivity index (χ4v) is 1.76. The molecule has 3 N–H and O–H groups in total. The lowest BCUT2D eigenvalue weighted by molar-refractivity contribution is 0.102. The Hall–Kier alpha value is -2.51. The Morgan fingerprint density at radius 1 is 1.21 bits per heavy atom. The van der Waals surface area contributed by atoms with Crippen molar-refractivity contribution in [3.63, 3.8) is 0 Å². The molecule has 0 saturated heterocycles. The van der Waals surface area contributed by atoms with Crippen LogP contribution in [0.5, 0.6) is 0 Å². The number of nitriles is 1. The molecule has 0 aromatic heterocycles. The van der Waals surface area contributed by atoms with E-state index >= 15 is 0 Å². The van der Waals surface area contributed by atoms with Crippen LogP contribution in [0.3, 0.4) is 0 Å². The molecule has 5 heteroatoms. The summed E-state index contributed by atoms with van der Waals surface area (Å²) in [5.74, 6) is -0.345. The number of nitrogens with one attached hydrogen (secondary N) is 1. The van der Waals surface area contributed by atoms with Gasteiger partial charge in [0.25, 0.3) is 5.91 Å². The maximum absolute atomic E-state index is 12.0. The van der Waals surface area contributed by atoms with E-state index in [1.54, 1.807) is 42.5 Å². The third-order valence-electron chi connectivity index (χ3n) is 2.55. The molecule has 0 aliphatic rings. The molecule has 0 unspecified atom stereocenters. The minimum Gasteiger partial charge on any atom is -0.398 e. The molecule has 2 aromatic carbocycles. The third-order valence-corrected chi connectivity index (χ3v) is 2.97. The second-order valence-corrected chi connectivity index (χ2v) is 4.23. The summed E-state index contributed by atoms with van der Waals surface area (Å²) in [6.07, 6.45) is 0. The summed E-state index contributed by atoms with van der Waals surface area (Å²) in [5, 5.41) is 11.6. The van der Waals surface area contributed by atoms with Crippen LogP contribution in [0.25, 0.3) is 0 Å². The number of nitrogens with zero attached hydrogens (tertiary/aromatic N) is 1. The first-order chi connectivity index (χ1) is 9.11. The summed E-state index contributed by atoms with van der Waals surface area (Å²) in [6.45, 7) is 0. The first-order valence-corrected chi connectivity index (χ1v) is 5.85. The minimum absolute atomic E-state index is 0.230. The highest BCUT2D eigenvalue weighted by atomic mass is 35.5. The zero-order chi connectivity index (χ0) is 13.8. The van der Waals surface area contributed by atoms with Crippen LogP contribution in [-0.4, -0.2) is 5.91 Å². The van der Waals surface area contributed by atoms with Crippen LogP contribution in [-0.2, 0) is 0 Å². The molecular formula is C14H10ClN3O. The lowest BCUT2D eigenvalue weighted by atomic mass is 10.1. The molecule has 2 aromatic rings. The quantitative estimate of drug-likeness (QED) is 0.824. The first kappa shape index (κ1) is 12.9. The van der Waals surface area contributed by atoms with Gasteiger partial charge in [0.15, 0.2) is 0 Å². The number of benzene rings is 2. The summed E-state index contributed by atoms with van der Waals surface area (Å²) in [7, 11) is 0. The highest BCUT2D eigenvalue weighted by molar-refractivity contribution is 6.36. The van der Waals surface area contributed by atoms with E-state index in [0.717, 1.165) is 0 Å². The second-order valence-electron chi connectivity index (χ2n) is 3.85. The Morgan fingerprint density at radius 2 is 1.89 bits per heavy atom. The summed E-state index contributed by atoms with van der Waals surface area (Å²) in [6, 6.07) is 13.4. The van der Waals surface area contributed by atoms with Gasteiger partial charge in [0, 0.05) is 5.69 Å². The van der Waals surface area contributed by atoms with Gasteiger partial charge >= 0.3 is 0 Å². The zero-order valence-corrected chi connectivity index (χ0v) is 10.6. The molecule has 0 saturated carbocycles. The smallest absolute Gasteiger partial charge is 0.257 e. The van der Waals surface area contributed by atoms with Gasteiger partial charge in [0.1, 0.15) is 0 Å². The number of carbonyl (C=O) groups is 1. The monoisotopic (exact) mass is 271 g/mol. The van der Waals surface area contributed by atoms with E-state index in [1.807, 2.05) is 6.07 Å². The predicted molar refractivity (Wildman–Crippen MR) is 75.0 cm³/mol. The highest BCUT2D eigenvalue weighted by Crippen LogP contribution is 2.24. The molecule has 0 radical (unpaired) electrons. The van der Waals surface area contributed by atoms with Gasteiger partial charge in [0.05, 0.1) is 27.9 Å². The number of hydrogen-bond acceptors (Lipinski definition) is 3. The van der Waals surface area contributed by atoms with E-state index in [9.17, 15) is 4.79 Å². The normalized spacial score (nSPS) is 9.68. The third kappa shape index (κ3) is 2.84. The predicted octanol–water partition coefficient (Wildman–Crippen LogP) is 3.05. The summed E-state index contributed by atoms with van der Waals surface area (Å²) < 4.78 is 0. The molecule has 0 aliphatic carbocycles. The van der Waals surface area contributed by atoms with Gasteiger partial charge in [-0.2, -0.15) is 5.26 Å². The van der Waals surface area contributed by atoms with E-state index in [-0.39, 0.29) is 10.9 Å². The van der Waals surface area contributed by atoms with Gasteiger partial charge in [-0.1, -0.05) is 17.7 Å².